The van der Waals surface area contributed by atoms with Gasteiger partial charge in [-0.15, -0.1) is 0 Å². The fraction of sp³-hybridized carbons (Fsp3) is 0.200. The average molecular weight is 171 g/mol. The second-order valence-corrected chi connectivity index (χ2v) is 3.00. The lowest BCUT2D eigenvalue weighted by atomic mass is 10.2. The van der Waals surface area contributed by atoms with E-state index in [4.69, 9.17) is 5.26 Å². The minimum absolute atomic E-state index is 0.640. The van der Waals surface area contributed by atoms with E-state index in [9.17, 15) is 0 Å². The van der Waals surface area contributed by atoms with Gasteiger partial charge in [-0.3, -0.25) is 0 Å². The second kappa shape index (κ2) is 2.60. The Morgan fingerprint density at radius 3 is 2.92 bits per heavy atom. The molecule has 3 nitrogen and oxygen atoms in total. The van der Waals surface area contributed by atoms with Gasteiger partial charge >= 0.3 is 0 Å². The third kappa shape index (κ3) is 0.994. The van der Waals surface area contributed by atoms with Crippen molar-refractivity contribution in [3.63, 3.8) is 0 Å². The number of aryl methyl sites for hydroxylation is 2. The predicted molar refractivity (Wildman–Crippen MR) is 50.2 cm³/mol. The summed E-state index contributed by atoms with van der Waals surface area (Å²) in [5.74, 6) is 0.928. The number of para-hydroxylation sites is 1. The number of rotatable bonds is 0. The first-order valence-corrected chi connectivity index (χ1v) is 4.06. The van der Waals surface area contributed by atoms with E-state index in [2.05, 4.69) is 11.1 Å². The third-order valence-electron chi connectivity index (χ3n) is 2.26. The fourth-order valence-electron chi connectivity index (χ4n) is 1.42. The molecule has 0 fully saturated rings. The van der Waals surface area contributed by atoms with Gasteiger partial charge < -0.3 is 4.57 Å². The van der Waals surface area contributed by atoms with Gasteiger partial charge in [0.25, 0.3) is 0 Å². The van der Waals surface area contributed by atoms with Gasteiger partial charge in [0.15, 0.2) is 0 Å². The molecule has 0 amide bonds. The number of imidazole rings is 1. The van der Waals surface area contributed by atoms with Crippen LogP contribution >= 0.6 is 0 Å². The van der Waals surface area contributed by atoms with Crippen LogP contribution in [0.1, 0.15) is 11.4 Å². The number of nitriles is 1. The van der Waals surface area contributed by atoms with Crippen LogP contribution < -0.4 is 0 Å². The molecule has 0 saturated heterocycles. The maximum Gasteiger partial charge on any atom is 0.107 e. The standard InChI is InChI=1S/C10H9N3/c1-7-12-10-8(6-11)4-3-5-9(10)13(7)2/h3-5H,1-2H3. The molecule has 1 aromatic carbocycles. The highest BCUT2D eigenvalue weighted by molar-refractivity contribution is 5.82. The summed E-state index contributed by atoms with van der Waals surface area (Å²) in [6.45, 7) is 1.93. The molecule has 0 aliphatic carbocycles. The summed E-state index contributed by atoms with van der Waals surface area (Å²) in [4.78, 5) is 4.32. The molecule has 3 heteroatoms. The lowest BCUT2D eigenvalue weighted by Crippen LogP contribution is -1.89. The molecule has 0 N–H and O–H groups in total. The molecule has 1 heterocycles. The molecule has 0 aliphatic heterocycles. The molecule has 0 atom stereocenters. The molecular formula is C10H9N3. The Labute approximate surface area is 76.2 Å². The molecule has 0 bridgehead atoms. The van der Waals surface area contributed by atoms with Gasteiger partial charge in [-0.05, 0) is 19.1 Å². The highest BCUT2D eigenvalue weighted by atomic mass is 15.0. The number of hydrogen-bond acceptors (Lipinski definition) is 2. The van der Waals surface area contributed by atoms with Gasteiger partial charge in [-0.25, -0.2) is 4.98 Å². The number of hydrogen-bond donors (Lipinski definition) is 0. The Balaban J connectivity index is 2.95. The van der Waals surface area contributed by atoms with E-state index in [-0.39, 0.29) is 0 Å². The summed E-state index contributed by atoms with van der Waals surface area (Å²) < 4.78 is 1.98. The minimum Gasteiger partial charge on any atom is -0.331 e. The van der Waals surface area contributed by atoms with E-state index >= 15 is 0 Å². The minimum atomic E-state index is 0.640. The molecule has 0 saturated carbocycles. The molecular weight excluding hydrogens is 162 g/mol. The van der Waals surface area contributed by atoms with E-state index in [0.717, 1.165) is 16.9 Å². The zero-order valence-corrected chi connectivity index (χ0v) is 7.57. The predicted octanol–water partition coefficient (Wildman–Crippen LogP) is 1.75. The average Bonchev–Trinajstić information content (AvgIpc) is 2.43. The van der Waals surface area contributed by atoms with Crippen LogP contribution in [-0.4, -0.2) is 9.55 Å². The number of fused-ring (bicyclic) bond motifs is 1. The van der Waals surface area contributed by atoms with Gasteiger partial charge in [-0.1, -0.05) is 6.07 Å². The van der Waals surface area contributed by atoms with Gasteiger partial charge in [0.05, 0.1) is 11.1 Å². The van der Waals surface area contributed by atoms with E-state index in [1.807, 2.05) is 30.7 Å². The number of benzene rings is 1. The Bertz CT molecular complexity index is 503. The fourth-order valence-corrected chi connectivity index (χ4v) is 1.42. The van der Waals surface area contributed by atoms with Gasteiger partial charge in [0.1, 0.15) is 17.4 Å². The quantitative estimate of drug-likeness (QED) is 0.606. The topological polar surface area (TPSA) is 41.6 Å². The van der Waals surface area contributed by atoms with Crippen LogP contribution in [0.2, 0.25) is 0 Å². The van der Waals surface area contributed by atoms with Crippen molar-refractivity contribution in [1.82, 2.24) is 9.55 Å². The summed E-state index contributed by atoms with van der Waals surface area (Å²) in [6.07, 6.45) is 0. The Hall–Kier alpha value is -1.82. The molecule has 13 heavy (non-hydrogen) atoms. The van der Waals surface area contributed by atoms with Crippen LogP contribution in [0.4, 0.5) is 0 Å². The Morgan fingerprint density at radius 1 is 1.46 bits per heavy atom. The summed E-state index contributed by atoms with van der Waals surface area (Å²) in [6, 6.07) is 7.77. The van der Waals surface area contributed by atoms with E-state index in [0.29, 0.717) is 5.56 Å². The number of nitrogens with zero attached hydrogens (tertiary/aromatic N) is 3. The van der Waals surface area contributed by atoms with Crippen molar-refractivity contribution < 1.29 is 0 Å². The SMILES string of the molecule is Cc1nc2c(C#N)cccc2n1C. The molecule has 0 spiro atoms. The first kappa shape index (κ1) is 7.81. The highest BCUT2D eigenvalue weighted by Gasteiger charge is 2.06. The maximum absolute atomic E-state index is 8.84. The second-order valence-electron chi connectivity index (χ2n) is 3.00. The first-order valence-electron chi connectivity index (χ1n) is 4.06. The zero-order chi connectivity index (χ0) is 9.42. The van der Waals surface area contributed by atoms with E-state index in [1.165, 1.54) is 0 Å². The normalized spacial score (nSPS) is 10.2. The first-order chi connectivity index (χ1) is 6.24. The molecule has 1 aromatic heterocycles. The van der Waals surface area contributed by atoms with Crippen molar-refractivity contribution in [2.75, 3.05) is 0 Å². The molecule has 0 radical (unpaired) electrons. The van der Waals surface area contributed by atoms with Gasteiger partial charge in [-0.2, -0.15) is 5.26 Å². The van der Waals surface area contributed by atoms with Crippen LogP contribution in [0.25, 0.3) is 11.0 Å². The monoisotopic (exact) mass is 171 g/mol. The van der Waals surface area contributed by atoms with E-state index in [1.54, 1.807) is 6.07 Å². The summed E-state index contributed by atoms with van der Waals surface area (Å²) in [5, 5.41) is 8.84. The molecule has 2 aromatic rings. The lowest BCUT2D eigenvalue weighted by molar-refractivity contribution is 0.886. The third-order valence-corrected chi connectivity index (χ3v) is 2.26. The zero-order valence-electron chi connectivity index (χ0n) is 7.57. The summed E-state index contributed by atoms with van der Waals surface area (Å²) in [7, 11) is 1.95. The molecule has 64 valence electrons. The smallest absolute Gasteiger partial charge is 0.107 e. The van der Waals surface area contributed by atoms with Crippen molar-refractivity contribution in [1.29, 1.82) is 5.26 Å². The lowest BCUT2D eigenvalue weighted by Gasteiger charge is -1.95. The Kier molecular flexibility index (Phi) is 1.56. The highest BCUT2D eigenvalue weighted by Crippen LogP contribution is 2.17. The molecule has 2 rings (SSSR count). The van der Waals surface area contributed by atoms with Gasteiger partial charge in [0.2, 0.25) is 0 Å². The summed E-state index contributed by atoms with van der Waals surface area (Å²) >= 11 is 0. The van der Waals surface area contributed by atoms with Crippen LogP contribution in [-0.2, 0) is 7.05 Å². The van der Waals surface area contributed by atoms with Crippen molar-refractivity contribution in [2.45, 2.75) is 6.92 Å². The molecule has 0 unspecified atom stereocenters. The van der Waals surface area contributed by atoms with Crippen molar-refractivity contribution in [3.8, 4) is 6.07 Å². The van der Waals surface area contributed by atoms with Crippen LogP contribution in [0.5, 0.6) is 0 Å². The van der Waals surface area contributed by atoms with Crippen LogP contribution in [0.3, 0.4) is 0 Å². The summed E-state index contributed by atoms with van der Waals surface area (Å²) in [5.41, 5.74) is 2.45. The van der Waals surface area contributed by atoms with E-state index < -0.39 is 0 Å². The maximum atomic E-state index is 8.84. The van der Waals surface area contributed by atoms with Crippen molar-refractivity contribution >= 4 is 11.0 Å². The molecule has 0 aliphatic rings. The largest absolute Gasteiger partial charge is 0.331 e. The van der Waals surface area contributed by atoms with Crippen molar-refractivity contribution in [2.24, 2.45) is 7.05 Å². The Morgan fingerprint density at radius 2 is 2.23 bits per heavy atom. The van der Waals surface area contributed by atoms with Crippen LogP contribution in [0.15, 0.2) is 18.2 Å². The number of aromatic nitrogens is 2. The van der Waals surface area contributed by atoms with Gasteiger partial charge in [0, 0.05) is 7.05 Å². The van der Waals surface area contributed by atoms with Crippen LogP contribution in [0, 0.1) is 18.3 Å². The van der Waals surface area contributed by atoms with Crippen molar-refractivity contribution in [3.05, 3.63) is 29.6 Å².